The third-order valence-electron chi connectivity index (χ3n) is 7.28. The molecule has 34 heavy (non-hydrogen) atoms. The van der Waals surface area contributed by atoms with E-state index in [1.54, 1.807) is 6.20 Å². The van der Waals surface area contributed by atoms with E-state index in [1.807, 2.05) is 36.1 Å². The Balaban J connectivity index is 1.29. The fourth-order valence-corrected chi connectivity index (χ4v) is 5.27. The molecule has 0 unspecified atom stereocenters. The van der Waals surface area contributed by atoms with Crippen molar-refractivity contribution in [2.24, 2.45) is 0 Å². The number of benzene rings is 1. The summed E-state index contributed by atoms with van der Waals surface area (Å²) in [5, 5.41) is 10.7. The lowest BCUT2D eigenvalue weighted by Crippen LogP contribution is -2.59. The molecule has 1 fully saturated rings. The Hall–Kier alpha value is -3.13. The zero-order valence-corrected chi connectivity index (χ0v) is 20.5. The number of nitrogens with zero attached hydrogens (tertiary/aromatic N) is 3. The molecule has 1 aromatic carbocycles. The third-order valence-corrected chi connectivity index (χ3v) is 7.28. The van der Waals surface area contributed by atoms with E-state index in [-0.39, 0.29) is 22.9 Å². The monoisotopic (exact) mass is 462 g/mol. The number of likely N-dealkylation sites (tertiary alicyclic amines) is 1. The number of nitrogens with one attached hydrogen (secondary N) is 3. The van der Waals surface area contributed by atoms with Crippen molar-refractivity contribution in [2.45, 2.75) is 58.0 Å². The van der Waals surface area contributed by atoms with Gasteiger partial charge in [0.2, 0.25) is 0 Å². The van der Waals surface area contributed by atoms with Crippen LogP contribution in [0.15, 0.2) is 41.7 Å². The molecule has 0 saturated carbocycles. The van der Waals surface area contributed by atoms with Crippen LogP contribution >= 0.6 is 0 Å². The number of pyridine rings is 1. The number of carbonyl (C=O) groups is 2. The molecule has 2 aromatic rings. The molecule has 4 heterocycles. The number of hydrogen-bond acceptors (Lipinski definition) is 6. The smallest absolute Gasteiger partial charge is 0.269 e. The molecule has 1 spiro atoms. The van der Waals surface area contributed by atoms with Crippen molar-refractivity contribution in [3.05, 3.63) is 47.3 Å². The van der Waals surface area contributed by atoms with Crippen molar-refractivity contribution in [2.75, 3.05) is 31.5 Å². The Labute approximate surface area is 200 Å². The summed E-state index contributed by atoms with van der Waals surface area (Å²) in [7, 11) is 0. The molecule has 2 amide bonds. The van der Waals surface area contributed by atoms with Gasteiger partial charge in [0, 0.05) is 54.4 Å². The molecule has 3 aliphatic heterocycles. The normalized spacial score (nSPS) is 20.4. The largest absolute Gasteiger partial charge is 0.370 e. The fourth-order valence-electron chi connectivity index (χ4n) is 5.27. The average Bonchev–Trinajstić information content (AvgIpc) is 3.24. The first-order chi connectivity index (χ1) is 16.2. The van der Waals surface area contributed by atoms with Crippen molar-refractivity contribution < 1.29 is 9.59 Å². The molecular formula is C26H34N6O2. The summed E-state index contributed by atoms with van der Waals surface area (Å²) in [4.78, 5) is 32.6. The van der Waals surface area contributed by atoms with Crippen LogP contribution in [-0.2, 0) is 4.79 Å². The van der Waals surface area contributed by atoms with Gasteiger partial charge < -0.3 is 21.0 Å². The maximum atomic E-state index is 13.4. The molecule has 1 aromatic heterocycles. The van der Waals surface area contributed by atoms with E-state index < -0.39 is 0 Å². The Morgan fingerprint density at radius 3 is 2.68 bits per heavy atom. The van der Waals surface area contributed by atoms with E-state index in [1.165, 1.54) is 5.57 Å². The molecule has 5 rings (SSSR count). The van der Waals surface area contributed by atoms with Crippen molar-refractivity contribution in [1.29, 1.82) is 0 Å². The van der Waals surface area contributed by atoms with Gasteiger partial charge in [-0.2, -0.15) is 0 Å². The summed E-state index contributed by atoms with van der Waals surface area (Å²) in [6.45, 7) is 11.2. The molecule has 0 bridgehead atoms. The number of rotatable bonds is 3. The van der Waals surface area contributed by atoms with Crippen LogP contribution < -0.4 is 16.1 Å². The van der Waals surface area contributed by atoms with Gasteiger partial charge in [0.05, 0.1) is 0 Å². The predicted molar refractivity (Wildman–Crippen MR) is 133 cm³/mol. The standard InChI is InChI=1S/C26H34N6O2/c1-5-27-22-20-14-18(7-6-17(20)8-11-28-22)24(34)31-12-9-26(10-13-31)15-19-16-32(25(2,3)4)30-21(19)23(33)29-26/h6-8,11,14,30H,5,9-10,12-13,15-16H2,1-4H3,(H,27,28)(H,29,33). The van der Waals surface area contributed by atoms with Crippen LogP contribution in [0.25, 0.3) is 10.8 Å². The van der Waals surface area contributed by atoms with E-state index in [0.717, 1.165) is 48.9 Å². The highest BCUT2D eigenvalue weighted by Crippen LogP contribution is 2.37. The van der Waals surface area contributed by atoms with Crippen molar-refractivity contribution in [1.82, 2.24) is 25.6 Å². The highest BCUT2D eigenvalue weighted by atomic mass is 16.2. The van der Waals surface area contributed by atoms with Gasteiger partial charge in [-0.1, -0.05) is 6.07 Å². The molecule has 0 atom stereocenters. The highest BCUT2D eigenvalue weighted by molar-refractivity contribution is 6.01. The Bertz CT molecular complexity index is 1170. The molecule has 3 aliphatic rings. The van der Waals surface area contributed by atoms with Crippen molar-refractivity contribution >= 4 is 28.4 Å². The van der Waals surface area contributed by atoms with Gasteiger partial charge in [-0.15, -0.1) is 0 Å². The van der Waals surface area contributed by atoms with Gasteiger partial charge in [0.25, 0.3) is 11.8 Å². The fraction of sp³-hybridized carbons (Fsp3) is 0.500. The number of hydrazine groups is 1. The summed E-state index contributed by atoms with van der Waals surface area (Å²) < 4.78 is 0. The highest BCUT2D eigenvalue weighted by Gasteiger charge is 2.45. The van der Waals surface area contributed by atoms with Gasteiger partial charge in [-0.3, -0.25) is 9.59 Å². The van der Waals surface area contributed by atoms with E-state index in [9.17, 15) is 9.59 Å². The lowest BCUT2D eigenvalue weighted by molar-refractivity contribution is -0.121. The van der Waals surface area contributed by atoms with E-state index in [4.69, 9.17) is 0 Å². The van der Waals surface area contributed by atoms with Gasteiger partial charge >= 0.3 is 0 Å². The molecule has 180 valence electrons. The molecule has 8 heteroatoms. The number of amides is 2. The summed E-state index contributed by atoms with van der Waals surface area (Å²) in [5.41, 5.74) is 5.53. The zero-order valence-electron chi connectivity index (χ0n) is 20.5. The van der Waals surface area contributed by atoms with Crippen LogP contribution in [-0.4, -0.2) is 64.0 Å². The number of fused-ring (bicyclic) bond motifs is 1. The minimum absolute atomic E-state index is 0.0224. The first-order valence-corrected chi connectivity index (χ1v) is 12.2. The van der Waals surface area contributed by atoms with Crippen LogP contribution in [0.5, 0.6) is 0 Å². The minimum atomic E-state index is -0.270. The van der Waals surface area contributed by atoms with Crippen LogP contribution in [0.3, 0.4) is 0 Å². The molecule has 0 radical (unpaired) electrons. The van der Waals surface area contributed by atoms with Gasteiger partial charge in [-0.05, 0) is 76.1 Å². The second-order valence-corrected chi connectivity index (χ2v) is 10.7. The predicted octanol–water partition coefficient (Wildman–Crippen LogP) is 3.03. The van der Waals surface area contributed by atoms with Crippen LogP contribution in [0.1, 0.15) is 57.3 Å². The molecule has 3 N–H and O–H groups in total. The first-order valence-electron chi connectivity index (χ1n) is 12.2. The zero-order chi connectivity index (χ0) is 24.1. The molecular weight excluding hydrogens is 428 g/mol. The summed E-state index contributed by atoms with van der Waals surface area (Å²) in [6, 6.07) is 7.79. The van der Waals surface area contributed by atoms with Gasteiger partial charge in [-0.25, -0.2) is 9.99 Å². The lowest BCUT2D eigenvalue weighted by Gasteiger charge is -2.44. The average molecular weight is 463 g/mol. The topological polar surface area (TPSA) is 89.6 Å². The third kappa shape index (κ3) is 4.00. The van der Waals surface area contributed by atoms with Gasteiger partial charge in [0.15, 0.2) is 0 Å². The minimum Gasteiger partial charge on any atom is -0.370 e. The number of hydrogen-bond donors (Lipinski definition) is 3. The SMILES string of the molecule is CCNc1nccc2ccc(C(=O)N3CCC4(CC3)CC3=C(NN(C(C)(C)C)C3)C(=O)N4)cc12. The first kappa shape index (κ1) is 22.7. The number of piperidine rings is 1. The number of carbonyl (C=O) groups excluding carboxylic acids is 2. The van der Waals surface area contributed by atoms with E-state index >= 15 is 0 Å². The van der Waals surface area contributed by atoms with E-state index in [2.05, 4.69) is 46.8 Å². The van der Waals surface area contributed by atoms with Crippen molar-refractivity contribution in [3.63, 3.8) is 0 Å². The molecule has 1 saturated heterocycles. The van der Waals surface area contributed by atoms with E-state index in [0.29, 0.717) is 24.4 Å². The van der Waals surface area contributed by atoms with Crippen LogP contribution in [0.4, 0.5) is 5.82 Å². The van der Waals surface area contributed by atoms with Gasteiger partial charge in [0.1, 0.15) is 11.5 Å². The maximum Gasteiger partial charge on any atom is 0.269 e. The summed E-state index contributed by atoms with van der Waals surface area (Å²) >= 11 is 0. The summed E-state index contributed by atoms with van der Waals surface area (Å²) in [5.74, 6) is 0.813. The van der Waals surface area contributed by atoms with Crippen LogP contribution in [0, 0.1) is 0 Å². The van der Waals surface area contributed by atoms with Crippen LogP contribution in [0.2, 0.25) is 0 Å². The maximum absolute atomic E-state index is 13.4. The van der Waals surface area contributed by atoms with Crippen molar-refractivity contribution in [3.8, 4) is 0 Å². The summed E-state index contributed by atoms with van der Waals surface area (Å²) in [6.07, 6.45) is 4.14. The second kappa shape index (κ2) is 8.27. The Kier molecular flexibility index (Phi) is 5.51. The lowest BCUT2D eigenvalue weighted by atomic mass is 9.78. The Morgan fingerprint density at radius 2 is 1.97 bits per heavy atom. The number of aromatic nitrogens is 1. The second-order valence-electron chi connectivity index (χ2n) is 10.7. The molecule has 0 aliphatic carbocycles. The quantitative estimate of drug-likeness (QED) is 0.650. The molecule has 8 nitrogen and oxygen atoms in total. The number of anilines is 1. The Morgan fingerprint density at radius 1 is 1.21 bits per heavy atom.